The van der Waals surface area contributed by atoms with E-state index in [1.165, 1.54) is 16.9 Å². The van der Waals surface area contributed by atoms with E-state index < -0.39 is 0 Å². The highest BCUT2D eigenvalue weighted by atomic mass is 35.5. The van der Waals surface area contributed by atoms with Gasteiger partial charge < -0.3 is 5.32 Å². The highest BCUT2D eigenvalue weighted by Crippen LogP contribution is 2.29. The molecule has 9 heteroatoms. The van der Waals surface area contributed by atoms with Gasteiger partial charge in [0.25, 0.3) is 0 Å². The summed E-state index contributed by atoms with van der Waals surface area (Å²) in [4.78, 5) is 15.0. The zero-order valence-corrected chi connectivity index (χ0v) is 19.9. The van der Waals surface area contributed by atoms with E-state index in [2.05, 4.69) is 32.5 Å². The predicted molar refractivity (Wildman–Crippen MR) is 129 cm³/mol. The number of anilines is 1. The van der Waals surface area contributed by atoms with Gasteiger partial charge in [-0.15, -0.1) is 10.2 Å². The Morgan fingerprint density at radius 2 is 1.84 bits per heavy atom. The average molecular weight is 493 g/mol. The molecule has 1 amide bonds. The second kappa shape index (κ2) is 10.8. The molecule has 0 atom stereocenters. The summed E-state index contributed by atoms with van der Waals surface area (Å²) in [5.74, 6) is 0.861. The standard InChI is InChI=1S/C22H22Cl2N4OS2/c23-18-7-6-16(12-19(18)24)13-28-10-8-17(9-11-28)20(29)25-21-26-27-22(31-21)30-14-15-4-2-1-3-5-15/h1-7,12,17H,8-11,13-14H2,(H,25,26,29). The third-order valence-electron chi connectivity index (χ3n) is 5.19. The summed E-state index contributed by atoms with van der Waals surface area (Å²) in [6.45, 7) is 2.54. The number of nitrogens with one attached hydrogen (secondary N) is 1. The minimum absolute atomic E-state index is 0.00521. The number of benzene rings is 2. The molecule has 1 aliphatic rings. The van der Waals surface area contributed by atoms with E-state index in [-0.39, 0.29) is 11.8 Å². The topological polar surface area (TPSA) is 58.1 Å². The number of piperidine rings is 1. The Labute approximate surface area is 200 Å². The van der Waals surface area contributed by atoms with Crippen LogP contribution < -0.4 is 5.32 Å². The van der Waals surface area contributed by atoms with Crippen LogP contribution in [0, 0.1) is 5.92 Å². The highest BCUT2D eigenvalue weighted by molar-refractivity contribution is 8.00. The lowest BCUT2D eigenvalue weighted by Crippen LogP contribution is -2.37. The zero-order chi connectivity index (χ0) is 21.6. The Balaban J connectivity index is 1.23. The van der Waals surface area contributed by atoms with Crippen LogP contribution >= 0.6 is 46.3 Å². The van der Waals surface area contributed by atoms with Crippen LogP contribution in [0.2, 0.25) is 10.0 Å². The number of hydrogen-bond donors (Lipinski definition) is 1. The molecule has 0 radical (unpaired) electrons. The molecule has 0 bridgehead atoms. The summed E-state index contributed by atoms with van der Waals surface area (Å²) in [6.07, 6.45) is 1.64. The van der Waals surface area contributed by atoms with Crippen molar-refractivity contribution < 1.29 is 4.79 Å². The van der Waals surface area contributed by atoms with Crippen molar-refractivity contribution in [1.82, 2.24) is 15.1 Å². The fourth-order valence-electron chi connectivity index (χ4n) is 3.49. The minimum atomic E-state index is -0.00521. The van der Waals surface area contributed by atoms with Crippen molar-refractivity contribution in [2.75, 3.05) is 18.4 Å². The maximum absolute atomic E-state index is 12.7. The molecule has 0 spiro atoms. The summed E-state index contributed by atoms with van der Waals surface area (Å²) < 4.78 is 0.857. The molecule has 1 aromatic heterocycles. The molecule has 1 saturated heterocycles. The van der Waals surface area contributed by atoms with Crippen molar-refractivity contribution in [3.8, 4) is 0 Å². The van der Waals surface area contributed by atoms with Crippen LogP contribution in [0.5, 0.6) is 0 Å². The Kier molecular flexibility index (Phi) is 7.85. The number of thioether (sulfide) groups is 1. The van der Waals surface area contributed by atoms with Gasteiger partial charge in [0.1, 0.15) is 0 Å². The molecule has 0 aliphatic carbocycles. The van der Waals surface area contributed by atoms with Crippen molar-refractivity contribution >= 4 is 57.3 Å². The minimum Gasteiger partial charge on any atom is -0.300 e. The lowest BCUT2D eigenvalue weighted by molar-refractivity contribution is -0.121. The number of rotatable bonds is 7. The van der Waals surface area contributed by atoms with Crippen LogP contribution in [-0.4, -0.2) is 34.1 Å². The van der Waals surface area contributed by atoms with Crippen molar-refractivity contribution in [3.05, 3.63) is 69.7 Å². The molecule has 0 saturated carbocycles. The lowest BCUT2D eigenvalue weighted by Gasteiger charge is -2.31. The number of amides is 1. The van der Waals surface area contributed by atoms with E-state index in [1.54, 1.807) is 11.8 Å². The molecule has 162 valence electrons. The van der Waals surface area contributed by atoms with Gasteiger partial charge in [-0.25, -0.2) is 0 Å². The van der Waals surface area contributed by atoms with Crippen molar-refractivity contribution in [2.45, 2.75) is 29.5 Å². The first-order chi connectivity index (χ1) is 15.1. The SMILES string of the molecule is O=C(Nc1nnc(SCc2ccccc2)s1)C1CCN(Cc2ccc(Cl)c(Cl)c2)CC1. The van der Waals surface area contributed by atoms with Crippen LogP contribution in [0.4, 0.5) is 5.13 Å². The quantitative estimate of drug-likeness (QED) is 0.324. The number of hydrogen-bond acceptors (Lipinski definition) is 6. The van der Waals surface area contributed by atoms with Gasteiger partial charge in [-0.1, -0.05) is 82.7 Å². The first-order valence-corrected chi connectivity index (χ1v) is 12.6. The summed E-state index contributed by atoms with van der Waals surface area (Å²) in [7, 11) is 0. The molecule has 0 unspecified atom stereocenters. The molecule has 1 N–H and O–H groups in total. The summed E-state index contributed by atoms with van der Waals surface area (Å²) in [5, 5.41) is 13.0. The summed E-state index contributed by atoms with van der Waals surface area (Å²) in [5.41, 5.74) is 2.37. The Bertz CT molecular complexity index is 1020. The zero-order valence-electron chi connectivity index (χ0n) is 16.8. The number of nitrogens with zero attached hydrogens (tertiary/aromatic N) is 3. The van der Waals surface area contributed by atoms with Crippen LogP contribution in [0.25, 0.3) is 0 Å². The summed E-state index contributed by atoms with van der Waals surface area (Å²) in [6, 6.07) is 16.0. The van der Waals surface area contributed by atoms with Crippen molar-refractivity contribution in [1.29, 1.82) is 0 Å². The van der Waals surface area contributed by atoms with Crippen molar-refractivity contribution in [3.63, 3.8) is 0 Å². The maximum Gasteiger partial charge on any atom is 0.229 e. The average Bonchev–Trinajstić information content (AvgIpc) is 3.23. The van der Waals surface area contributed by atoms with E-state index in [0.717, 1.165) is 48.1 Å². The number of carbonyl (C=O) groups is 1. The third kappa shape index (κ3) is 6.43. The third-order valence-corrected chi connectivity index (χ3v) is 7.97. The Morgan fingerprint density at radius 3 is 2.58 bits per heavy atom. The predicted octanol–water partition coefficient (Wildman–Crippen LogP) is 5.99. The van der Waals surface area contributed by atoms with Crippen molar-refractivity contribution in [2.24, 2.45) is 5.92 Å². The molecule has 5 nitrogen and oxygen atoms in total. The maximum atomic E-state index is 12.7. The first-order valence-electron chi connectivity index (χ1n) is 10.0. The van der Waals surface area contributed by atoms with E-state index >= 15 is 0 Å². The fourth-order valence-corrected chi connectivity index (χ4v) is 5.53. The van der Waals surface area contributed by atoms with Gasteiger partial charge in [0, 0.05) is 18.2 Å². The smallest absolute Gasteiger partial charge is 0.229 e. The van der Waals surface area contributed by atoms with Crippen LogP contribution in [-0.2, 0) is 17.1 Å². The van der Waals surface area contributed by atoms with E-state index in [0.29, 0.717) is 15.2 Å². The van der Waals surface area contributed by atoms with Crippen LogP contribution in [0.15, 0.2) is 52.9 Å². The monoisotopic (exact) mass is 492 g/mol. The number of carbonyl (C=O) groups excluding carboxylic acids is 1. The fraction of sp³-hybridized carbons (Fsp3) is 0.318. The lowest BCUT2D eigenvalue weighted by atomic mass is 9.95. The van der Waals surface area contributed by atoms with E-state index in [1.807, 2.05) is 36.4 Å². The van der Waals surface area contributed by atoms with Crippen LogP contribution in [0.3, 0.4) is 0 Å². The highest BCUT2D eigenvalue weighted by Gasteiger charge is 2.26. The Hall–Kier alpha value is -1.64. The second-order valence-electron chi connectivity index (χ2n) is 7.44. The molecule has 31 heavy (non-hydrogen) atoms. The normalized spacial score (nSPS) is 15.2. The molecular weight excluding hydrogens is 471 g/mol. The van der Waals surface area contributed by atoms with Gasteiger partial charge in [-0.05, 0) is 49.2 Å². The molecule has 1 fully saturated rings. The van der Waals surface area contributed by atoms with Gasteiger partial charge in [-0.3, -0.25) is 9.69 Å². The molecule has 2 heterocycles. The van der Waals surface area contributed by atoms with Gasteiger partial charge in [0.2, 0.25) is 11.0 Å². The molecule has 3 aromatic rings. The Morgan fingerprint density at radius 1 is 1.06 bits per heavy atom. The summed E-state index contributed by atoms with van der Waals surface area (Å²) >= 11 is 15.2. The van der Waals surface area contributed by atoms with Gasteiger partial charge in [0.05, 0.1) is 10.0 Å². The van der Waals surface area contributed by atoms with E-state index in [4.69, 9.17) is 23.2 Å². The second-order valence-corrected chi connectivity index (χ2v) is 10.4. The molecule has 4 rings (SSSR count). The van der Waals surface area contributed by atoms with Crippen LogP contribution in [0.1, 0.15) is 24.0 Å². The van der Waals surface area contributed by atoms with Gasteiger partial charge in [-0.2, -0.15) is 0 Å². The van der Waals surface area contributed by atoms with Gasteiger partial charge in [0.15, 0.2) is 4.34 Å². The molecular formula is C22H22Cl2N4OS2. The van der Waals surface area contributed by atoms with E-state index in [9.17, 15) is 4.79 Å². The number of aromatic nitrogens is 2. The largest absolute Gasteiger partial charge is 0.300 e. The molecule has 1 aliphatic heterocycles. The first kappa shape index (κ1) is 22.6. The number of likely N-dealkylation sites (tertiary alicyclic amines) is 1. The molecule has 2 aromatic carbocycles. The number of halogens is 2. The van der Waals surface area contributed by atoms with Gasteiger partial charge >= 0.3 is 0 Å².